The Balaban J connectivity index is 2.21. The molecule has 1 aromatic rings. The van der Waals surface area contributed by atoms with Crippen LogP contribution in [-0.4, -0.2) is 42.0 Å². The molecular weight excluding hydrogens is 240 g/mol. The lowest BCUT2D eigenvalue weighted by molar-refractivity contribution is 0.114. The van der Waals surface area contributed by atoms with E-state index >= 15 is 0 Å². The number of nitrogens with zero attached hydrogens (tertiary/aromatic N) is 2. The third-order valence-corrected chi connectivity index (χ3v) is 3.52. The van der Waals surface area contributed by atoms with E-state index in [-0.39, 0.29) is 11.9 Å². The van der Waals surface area contributed by atoms with Gasteiger partial charge in [-0.2, -0.15) is 0 Å². The second-order valence-corrected chi connectivity index (χ2v) is 5.26. The van der Waals surface area contributed by atoms with E-state index in [0.29, 0.717) is 11.3 Å². The minimum Gasteiger partial charge on any atom is -0.489 e. The quantitative estimate of drug-likeness (QED) is 0.638. The van der Waals surface area contributed by atoms with Crippen LogP contribution in [0.1, 0.15) is 29.8 Å². The topological polar surface area (TPSA) is 75.2 Å². The van der Waals surface area contributed by atoms with Gasteiger partial charge in [0.2, 0.25) is 0 Å². The zero-order valence-corrected chi connectivity index (χ0v) is 11.9. The molecule has 2 rings (SSSR count). The summed E-state index contributed by atoms with van der Waals surface area (Å²) in [6, 6.07) is 1.88. The van der Waals surface area contributed by atoms with Crippen molar-refractivity contribution < 1.29 is 4.74 Å². The van der Waals surface area contributed by atoms with Gasteiger partial charge in [-0.1, -0.05) is 0 Å². The first-order valence-corrected chi connectivity index (χ1v) is 6.65. The number of hydrogen-bond donors (Lipinski definition) is 2. The Bertz CT molecular complexity index is 479. The summed E-state index contributed by atoms with van der Waals surface area (Å²) in [5.41, 5.74) is 7.93. The van der Waals surface area contributed by atoms with Crippen LogP contribution in [0.2, 0.25) is 0 Å². The highest BCUT2D eigenvalue weighted by Gasteiger charge is 2.21. The lowest BCUT2D eigenvalue weighted by Gasteiger charge is -2.30. The van der Waals surface area contributed by atoms with Crippen LogP contribution in [0.5, 0.6) is 5.75 Å². The molecule has 104 valence electrons. The zero-order chi connectivity index (χ0) is 14.0. The number of rotatable bonds is 3. The molecule has 2 heterocycles. The fourth-order valence-electron chi connectivity index (χ4n) is 2.50. The van der Waals surface area contributed by atoms with E-state index in [1.54, 1.807) is 0 Å². The number of piperidine rings is 1. The van der Waals surface area contributed by atoms with Gasteiger partial charge in [0.05, 0.1) is 11.3 Å². The third-order valence-electron chi connectivity index (χ3n) is 3.52. The normalized spacial score (nSPS) is 17.4. The van der Waals surface area contributed by atoms with Crippen LogP contribution in [0.25, 0.3) is 0 Å². The highest BCUT2D eigenvalue weighted by molar-refractivity contribution is 5.98. The van der Waals surface area contributed by atoms with Crippen molar-refractivity contribution in [2.24, 2.45) is 5.73 Å². The molecule has 0 radical (unpaired) electrons. The summed E-state index contributed by atoms with van der Waals surface area (Å²) in [6.45, 7) is 5.88. The first-order valence-electron chi connectivity index (χ1n) is 6.65. The van der Waals surface area contributed by atoms with Crippen molar-refractivity contribution in [3.05, 3.63) is 23.0 Å². The zero-order valence-electron chi connectivity index (χ0n) is 11.9. The fourth-order valence-corrected chi connectivity index (χ4v) is 2.50. The Kier molecular flexibility index (Phi) is 4.04. The molecule has 0 unspecified atom stereocenters. The molecule has 0 atom stereocenters. The maximum atomic E-state index is 7.69. The average Bonchev–Trinajstić information content (AvgIpc) is 2.30. The molecule has 0 bridgehead atoms. The molecule has 1 aliphatic rings. The summed E-state index contributed by atoms with van der Waals surface area (Å²) in [7, 11) is 2.12. The lowest BCUT2D eigenvalue weighted by atomic mass is 10.1. The number of aromatic nitrogens is 1. The minimum atomic E-state index is 0.0212. The molecule has 0 saturated carbocycles. The van der Waals surface area contributed by atoms with Gasteiger partial charge in [-0.3, -0.25) is 10.4 Å². The highest BCUT2D eigenvalue weighted by Crippen LogP contribution is 2.25. The van der Waals surface area contributed by atoms with Gasteiger partial charge in [-0.15, -0.1) is 0 Å². The van der Waals surface area contributed by atoms with Crippen molar-refractivity contribution in [1.29, 1.82) is 5.41 Å². The van der Waals surface area contributed by atoms with Crippen molar-refractivity contribution >= 4 is 5.84 Å². The summed E-state index contributed by atoms with van der Waals surface area (Å²) in [5, 5.41) is 7.69. The predicted molar refractivity (Wildman–Crippen MR) is 75.9 cm³/mol. The van der Waals surface area contributed by atoms with Crippen LogP contribution in [0, 0.1) is 19.3 Å². The van der Waals surface area contributed by atoms with Crippen molar-refractivity contribution in [3.63, 3.8) is 0 Å². The molecule has 1 fully saturated rings. The largest absolute Gasteiger partial charge is 0.489 e. The van der Waals surface area contributed by atoms with E-state index in [0.717, 1.165) is 37.3 Å². The number of amidine groups is 1. The van der Waals surface area contributed by atoms with E-state index in [9.17, 15) is 0 Å². The lowest BCUT2D eigenvalue weighted by Crippen LogP contribution is -2.36. The summed E-state index contributed by atoms with van der Waals surface area (Å²) in [4.78, 5) is 6.65. The summed E-state index contributed by atoms with van der Waals surface area (Å²) >= 11 is 0. The highest BCUT2D eigenvalue weighted by atomic mass is 16.5. The number of hydrogen-bond acceptors (Lipinski definition) is 4. The maximum absolute atomic E-state index is 7.69. The number of pyridine rings is 1. The number of nitrogens with one attached hydrogen (secondary N) is 1. The third kappa shape index (κ3) is 3.23. The summed E-state index contributed by atoms with van der Waals surface area (Å²) in [6.07, 6.45) is 2.22. The van der Waals surface area contributed by atoms with E-state index in [4.69, 9.17) is 15.9 Å². The molecule has 19 heavy (non-hydrogen) atoms. The Morgan fingerprint density at radius 3 is 2.63 bits per heavy atom. The smallest absolute Gasteiger partial charge is 0.134 e. The van der Waals surface area contributed by atoms with Crippen molar-refractivity contribution in [3.8, 4) is 5.75 Å². The Morgan fingerprint density at radius 2 is 2.05 bits per heavy atom. The van der Waals surface area contributed by atoms with Crippen molar-refractivity contribution in [2.75, 3.05) is 20.1 Å². The van der Waals surface area contributed by atoms with E-state index in [1.165, 1.54) is 0 Å². The van der Waals surface area contributed by atoms with Crippen LogP contribution in [0.3, 0.4) is 0 Å². The van der Waals surface area contributed by atoms with Crippen LogP contribution < -0.4 is 10.5 Å². The second-order valence-electron chi connectivity index (χ2n) is 5.26. The number of ether oxygens (including phenoxy) is 1. The average molecular weight is 262 g/mol. The predicted octanol–water partition coefficient (Wildman–Crippen LogP) is 1.46. The van der Waals surface area contributed by atoms with E-state index in [2.05, 4.69) is 16.9 Å². The van der Waals surface area contributed by atoms with Gasteiger partial charge in [0.1, 0.15) is 17.7 Å². The maximum Gasteiger partial charge on any atom is 0.134 e. The molecule has 5 nitrogen and oxygen atoms in total. The van der Waals surface area contributed by atoms with Gasteiger partial charge in [0.25, 0.3) is 0 Å². The van der Waals surface area contributed by atoms with Crippen LogP contribution >= 0.6 is 0 Å². The number of nitrogen functional groups attached to an aromatic ring is 1. The van der Waals surface area contributed by atoms with Crippen LogP contribution in [0.4, 0.5) is 0 Å². The Hall–Kier alpha value is -1.62. The molecule has 0 amide bonds. The second kappa shape index (κ2) is 5.57. The van der Waals surface area contributed by atoms with Crippen LogP contribution in [-0.2, 0) is 0 Å². The van der Waals surface area contributed by atoms with Gasteiger partial charge in [-0.05, 0) is 33.7 Å². The van der Waals surface area contributed by atoms with Gasteiger partial charge < -0.3 is 15.4 Å². The van der Waals surface area contributed by atoms with E-state index < -0.39 is 0 Å². The molecule has 0 aromatic carbocycles. The Morgan fingerprint density at radius 1 is 1.42 bits per heavy atom. The van der Waals surface area contributed by atoms with Gasteiger partial charge in [-0.25, -0.2) is 0 Å². The first-order chi connectivity index (χ1) is 8.97. The molecule has 1 aromatic heterocycles. The van der Waals surface area contributed by atoms with Gasteiger partial charge in [0, 0.05) is 24.8 Å². The molecule has 1 aliphatic heterocycles. The number of nitrogens with two attached hydrogens (primary N) is 1. The standard InChI is InChI=1S/C14H22N4O/c1-9-8-12(13(14(15)16)10(2)17-9)19-11-4-6-18(3)7-5-11/h8,11H,4-7H2,1-3H3,(H3,15,16). The molecule has 1 saturated heterocycles. The SMILES string of the molecule is Cc1cc(OC2CCN(C)CC2)c(C(=N)N)c(C)n1. The van der Waals surface area contributed by atoms with Crippen molar-refractivity contribution in [1.82, 2.24) is 9.88 Å². The summed E-state index contributed by atoms with van der Waals surface area (Å²) < 4.78 is 6.07. The monoisotopic (exact) mass is 262 g/mol. The first kappa shape index (κ1) is 13.8. The fraction of sp³-hybridized carbons (Fsp3) is 0.571. The summed E-state index contributed by atoms with van der Waals surface area (Å²) in [5.74, 6) is 0.722. The molecule has 0 aliphatic carbocycles. The Labute approximate surface area is 114 Å². The van der Waals surface area contributed by atoms with Gasteiger partial charge >= 0.3 is 0 Å². The minimum absolute atomic E-state index is 0.0212. The number of aryl methyl sites for hydroxylation is 2. The molecular formula is C14H22N4O. The molecule has 3 N–H and O–H groups in total. The van der Waals surface area contributed by atoms with Crippen LogP contribution in [0.15, 0.2) is 6.07 Å². The molecule has 0 spiro atoms. The number of likely N-dealkylation sites (tertiary alicyclic amines) is 1. The van der Waals surface area contributed by atoms with Gasteiger partial charge in [0.15, 0.2) is 0 Å². The van der Waals surface area contributed by atoms with Crippen molar-refractivity contribution in [2.45, 2.75) is 32.8 Å². The van der Waals surface area contributed by atoms with E-state index in [1.807, 2.05) is 19.9 Å². The molecule has 5 heteroatoms.